The quantitative estimate of drug-likeness (QED) is 0.657. The van der Waals surface area contributed by atoms with E-state index < -0.39 is 0 Å². The van der Waals surface area contributed by atoms with Gasteiger partial charge in [0.25, 0.3) is 5.69 Å². The maximum absolute atomic E-state index is 10.9. The number of benzene rings is 2. The molecule has 0 heterocycles. The van der Waals surface area contributed by atoms with E-state index in [0.29, 0.717) is 17.1 Å². The first-order valence-electron chi connectivity index (χ1n) is 6.70. The molecular weight excluding hydrogens is 288 g/mol. The van der Waals surface area contributed by atoms with Crippen LogP contribution in [0.15, 0.2) is 42.5 Å². The van der Waals surface area contributed by atoms with Crippen LogP contribution in [0.3, 0.4) is 0 Å². The molecule has 2 aromatic carbocycles. The Hall–Kier alpha value is -1.91. The van der Waals surface area contributed by atoms with Gasteiger partial charge in [-0.05, 0) is 37.1 Å². The average molecular weight is 305 g/mol. The fraction of sp³-hybridized carbons (Fsp3) is 0.250. The maximum atomic E-state index is 10.9. The molecule has 0 bridgehead atoms. The van der Waals surface area contributed by atoms with Crippen molar-refractivity contribution in [2.75, 3.05) is 0 Å². The van der Waals surface area contributed by atoms with Crippen LogP contribution in [-0.4, -0.2) is 4.92 Å². The third-order valence-corrected chi connectivity index (χ3v) is 3.80. The summed E-state index contributed by atoms with van der Waals surface area (Å²) in [5.41, 5.74) is 2.88. The van der Waals surface area contributed by atoms with E-state index in [1.165, 1.54) is 6.07 Å². The van der Waals surface area contributed by atoms with Crippen LogP contribution < -0.4 is 5.32 Å². The largest absolute Gasteiger partial charge is 0.306 e. The molecule has 0 aliphatic carbocycles. The predicted octanol–water partition coefficient (Wildman–Crippen LogP) is 4.41. The minimum Gasteiger partial charge on any atom is -0.306 e. The summed E-state index contributed by atoms with van der Waals surface area (Å²) in [6.07, 6.45) is 0. The molecule has 2 rings (SSSR count). The second-order valence-electron chi connectivity index (χ2n) is 4.98. The molecule has 1 atom stereocenters. The summed E-state index contributed by atoms with van der Waals surface area (Å²) in [4.78, 5) is 10.6. The Morgan fingerprint density at radius 1 is 1.29 bits per heavy atom. The summed E-state index contributed by atoms with van der Waals surface area (Å²) in [5, 5.41) is 15.0. The van der Waals surface area contributed by atoms with E-state index in [1.54, 1.807) is 13.0 Å². The molecule has 110 valence electrons. The molecule has 5 heteroatoms. The number of rotatable bonds is 5. The van der Waals surface area contributed by atoms with E-state index in [4.69, 9.17) is 11.6 Å². The first-order valence-corrected chi connectivity index (χ1v) is 7.08. The van der Waals surface area contributed by atoms with Gasteiger partial charge in [0.05, 0.1) is 4.92 Å². The number of nitrogens with one attached hydrogen (secondary N) is 1. The zero-order valence-corrected chi connectivity index (χ0v) is 12.7. The maximum Gasteiger partial charge on any atom is 0.272 e. The Labute approximate surface area is 128 Å². The van der Waals surface area contributed by atoms with Crippen molar-refractivity contribution in [1.82, 2.24) is 5.32 Å². The molecule has 21 heavy (non-hydrogen) atoms. The van der Waals surface area contributed by atoms with Crippen molar-refractivity contribution >= 4 is 17.3 Å². The Morgan fingerprint density at radius 2 is 2.00 bits per heavy atom. The third kappa shape index (κ3) is 3.80. The van der Waals surface area contributed by atoms with Crippen molar-refractivity contribution in [1.29, 1.82) is 0 Å². The fourth-order valence-corrected chi connectivity index (χ4v) is 2.41. The van der Waals surface area contributed by atoms with Crippen LogP contribution in [0.4, 0.5) is 5.69 Å². The number of halogens is 1. The van der Waals surface area contributed by atoms with Gasteiger partial charge >= 0.3 is 0 Å². The zero-order valence-electron chi connectivity index (χ0n) is 12.0. The van der Waals surface area contributed by atoms with Gasteiger partial charge in [-0.15, -0.1) is 0 Å². The van der Waals surface area contributed by atoms with Gasteiger partial charge in [0.2, 0.25) is 0 Å². The lowest BCUT2D eigenvalue weighted by molar-refractivity contribution is -0.385. The highest BCUT2D eigenvalue weighted by atomic mass is 35.5. The average Bonchev–Trinajstić information content (AvgIpc) is 2.45. The molecule has 1 N–H and O–H groups in total. The number of nitro benzene ring substituents is 1. The third-order valence-electron chi connectivity index (χ3n) is 3.56. The summed E-state index contributed by atoms with van der Waals surface area (Å²) < 4.78 is 0. The molecule has 0 fully saturated rings. The van der Waals surface area contributed by atoms with E-state index in [0.717, 1.165) is 11.1 Å². The molecule has 0 amide bonds. The van der Waals surface area contributed by atoms with Crippen molar-refractivity contribution in [3.8, 4) is 0 Å². The van der Waals surface area contributed by atoms with Crippen molar-refractivity contribution in [2.45, 2.75) is 26.4 Å². The normalized spacial score (nSPS) is 12.1. The molecular formula is C16H17ClN2O2. The minimum absolute atomic E-state index is 0.113. The molecule has 0 radical (unpaired) electrons. The predicted molar refractivity (Wildman–Crippen MR) is 84.5 cm³/mol. The molecule has 0 aliphatic heterocycles. The van der Waals surface area contributed by atoms with E-state index in [-0.39, 0.29) is 16.7 Å². The molecule has 0 aliphatic rings. The topological polar surface area (TPSA) is 55.2 Å². The first-order chi connectivity index (χ1) is 9.99. The highest BCUT2D eigenvalue weighted by Crippen LogP contribution is 2.22. The van der Waals surface area contributed by atoms with Gasteiger partial charge in [-0.1, -0.05) is 35.9 Å². The first kappa shape index (κ1) is 15.5. The Morgan fingerprint density at radius 3 is 2.67 bits per heavy atom. The smallest absolute Gasteiger partial charge is 0.272 e. The lowest BCUT2D eigenvalue weighted by atomic mass is 10.1. The molecule has 0 spiro atoms. The summed E-state index contributed by atoms with van der Waals surface area (Å²) in [6.45, 7) is 4.39. The summed E-state index contributed by atoms with van der Waals surface area (Å²) >= 11 is 5.98. The minimum atomic E-state index is -0.348. The SMILES string of the molecule is Cc1c(CN[C@H](C)c2cccc(Cl)c2)cccc1[N+](=O)[O-]. The van der Waals surface area contributed by atoms with Gasteiger partial charge in [0.1, 0.15) is 0 Å². The van der Waals surface area contributed by atoms with E-state index in [1.807, 2.05) is 37.3 Å². The number of nitrogens with zero attached hydrogens (tertiary/aromatic N) is 1. The second kappa shape index (κ2) is 6.70. The number of nitro groups is 1. The number of hydrogen-bond acceptors (Lipinski definition) is 3. The molecule has 0 saturated carbocycles. The van der Waals surface area contributed by atoms with Crippen LogP contribution in [0.25, 0.3) is 0 Å². The van der Waals surface area contributed by atoms with Gasteiger partial charge in [-0.2, -0.15) is 0 Å². The zero-order chi connectivity index (χ0) is 15.4. The Bertz CT molecular complexity index is 658. The van der Waals surface area contributed by atoms with Crippen molar-refractivity contribution in [3.63, 3.8) is 0 Å². The van der Waals surface area contributed by atoms with Crippen LogP contribution in [-0.2, 0) is 6.54 Å². The van der Waals surface area contributed by atoms with Crippen LogP contribution in [0.1, 0.15) is 29.7 Å². The standard InChI is InChI=1S/C16H17ClN2O2/c1-11-14(6-4-8-16(11)19(20)21)10-18-12(2)13-5-3-7-15(17)9-13/h3-9,12,18H,10H2,1-2H3/t12-/m1/s1. The number of hydrogen-bond donors (Lipinski definition) is 1. The Kier molecular flexibility index (Phi) is 4.94. The Balaban J connectivity index is 2.10. The summed E-state index contributed by atoms with van der Waals surface area (Å²) in [6, 6.07) is 12.9. The molecule has 4 nitrogen and oxygen atoms in total. The summed E-state index contributed by atoms with van der Waals surface area (Å²) in [5.74, 6) is 0. The van der Waals surface area contributed by atoms with Gasteiger partial charge in [0, 0.05) is 29.2 Å². The molecule has 0 unspecified atom stereocenters. The van der Waals surface area contributed by atoms with E-state index >= 15 is 0 Å². The van der Waals surface area contributed by atoms with Gasteiger partial charge in [-0.3, -0.25) is 10.1 Å². The van der Waals surface area contributed by atoms with Gasteiger partial charge in [-0.25, -0.2) is 0 Å². The van der Waals surface area contributed by atoms with Gasteiger partial charge < -0.3 is 5.32 Å². The molecule has 0 aromatic heterocycles. The van der Waals surface area contributed by atoms with Gasteiger partial charge in [0.15, 0.2) is 0 Å². The second-order valence-corrected chi connectivity index (χ2v) is 5.41. The highest BCUT2D eigenvalue weighted by molar-refractivity contribution is 6.30. The van der Waals surface area contributed by atoms with Crippen LogP contribution >= 0.6 is 11.6 Å². The van der Waals surface area contributed by atoms with Crippen LogP contribution in [0.5, 0.6) is 0 Å². The lowest BCUT2D eigenvalue weighted by Crippen LogP contribution is -2.18. The van der Waals surface area contributed by atoms with Crippen LogP contribution in [0, 0.1) is 17.0 Å². The van der Waals surface area contributed by atoms with Crippen molar-refractivity contribution < 1.29 is 4.92 Å². The molecule has 0 saturated heterocycles. The van der Waals surface area contributed by atoms with E-state index in [2.05, 4.69) is 5.32 Å². The van der Waals surface area contributed by atoms with Crippen molar-refractivity contribution in [3.05, 3.63) is 74.3 Å². The molecule has 2 aromatic rings. The monoisotopic (exact) mass is 304 g/mol. The highest BCUT2D eigenvalue weighted by Gasteiger charge is 2.13. The summed E-state index contributed by atoms with van der Waals surface area (Å²) in [7, 11) is 0. The van der Waals surface area contributed by atoms with Crippen LogP contribution in [0.2, 0.25) is 5.02 Å². The van der Waals surface area contributed by atoms with E-state index in [9.17, 15) is 10.1 Å². The lowest BCUT2D eigenvalue weighted by Gasteiger charge is -2.15. The fourth-order valence-electron chi connectivity index (χ4n) is 2.22. The van der Waals surface area contributed by atoms with Crippen molar-refractivity contribution in [2.24, 2.45) is 0 Å².